The molecule has 1 saturated heterocycles. The molecular weight excluding hydrogens is 486 g/mol. The van der Waals surface area contributed by atoms with Gasteiger partial charge in [0.2, 0.25) is 15.9 Å². The summed E-state index contributed by atoms with van der Waals surface area (Å²) in [5.41, 5.74) is 1.50. The third-order valence-corrected chi connectivity index (χ3v) is 8.92. The molecule has 150 valence electrons. The lowest BCUT2D eigenvalue weighted by molar-refractivity contribution is -0.118. The molecule has 2 aromatic rings. The molecule has 1 amide bonds. The molecule has 10 heteroatoms. The number of nitrogens with zero attached hydrogens (tertiary/aromatic N) is 3. The summed E-state index contributed by atoms with van der Waals surface area (Å²) in [4.78, 5) is 19.0. The molecule has 28 heavy (non-hydrogen) atoms. The number of aromatic nitrogens is 1. The molecule has 6 nitrogen and oxygen atoms in total. The van der Waals surface area contributed by atoms with E-state index in [2.05, 4.69) is 20.9 Å². The molecule has 2 aliphatic rings. The molecule has 0 N–H and O–H groups in total. The Morgan fingerprint density at radius 1 is 1.39 bits per heavy atom. The minimum Gasteiger partial charge on any atom is -0.311 e. The Hall–Kier alpha value is -1.000. The molecule has 2 aliphatic heterocycles. The van der Waals surface area contributed by atoms with Gasteiger partial charge in [-0.25, -0.2) is 17.7 Å². The van der Waals surface area contributed by atoms with E-state index in [0.29, 0.717) is 35.4 Å². The van der Waals surface area contributed by atoms with E-state index >= 15 is 0 Å². The van der Waals surface area contributed by atoms with E-state index in [0.717, 1.165) is 15.7 Å². The summed E-state index contributed by atoms with van der Waals surface area (Å²) in [6.45, 7) is 3.02. The van der Waals surface area contributed by atoms with Crippen LogP contribution >= 0.6 is 38.9 Å². The fourth-order valence-electron chi connectivity index (χ4n) is 4.06. The van der Waals surface area contributed by atoms with Crippen LogP contribution in [0.3, 0.4) is 0 Å². The van der Waals surface area contributed by atoms with Gasteiger partial charge in [0.15, 0.2) is 0 Å². The van der Waals surface area contributed by atoms with Crippen LogP contribution in [0.25, 0.3) is 0 Å². The van der Waals surface area contributed by atoms with Gasteiger partial charge in [-0.1, -0.05) is 27.5 Å². The first-order valence-electron chi connectivity index (χ1n) is 8.92. The van der Waals surface area contributed by atoms with Gasteiger partial charge in [0.25, 0.3) is 0 Å². The van der Waals surface area contributed by atoms with Crippen molar-refractivity contribution in [3.63, 3.8) is 0 Å². The molecule has 0 bridgehead atoms. The van der Waals surface area contributed by atoms with E-state index in [4.69, 9.17) is 11.6 Å². The Balaban J connectivity index is 1.66. The molecule has 1 spiro atoms. The van der Waals surface area contributed by atoms with Gasteiger partial charge in [-0.2, -0.15) is 0 Å². The molecule has 1 unspecified atom stereocenters. The quantitative estimate of drug-likeness (QED) is 0.639. The average Bonchev–Trinajstić information content (AvgIpc) is 3.35. The van der Waals surface area contributed by atoms with Crippen LogP contribution in [0.5, 0.6) is 0 Å². The average molecular weight is 505 g/mol. The SMILES string of the molecule is CCS(=O)(=O)N1CCC2(CN(C(=O)Cc3ncc(Cl)s3)c3ccc(Br)cc32)C1. The highest BCUT2D eigenvalue weighted by atomic mass is 79.9. The lowest BCUT2D eigenvalue weighted by atomic mass is 9.82. The number of fused-ring (bicyclic) bond motifs is 2. The third kappa shape index (κ3) is 3.52. The second-order valence-corrected chi connectivity index (χ2v) is 12.1. The molecule has 3 heterocycles. The van der Waals surface area contributed by atoms with Gasteiger partial charge in [-0.3, -0.25) is 4.79 Å². The molecule has 1 aromatic heterocycles. The van der Waals surface area contributed by atoms with Crippen molar-refractivity contribution in [1.29, 1.82) is 0 Å². The second-order valence-electron chi connectivity index (χ2n) is 7.14. The van der Waals surface area contributed by atoms with Crippen molar-refractivity contribution in [2.24, 2.45) is 0 Å². The lowest BCUT2D eigenvalue weighted by Crippen LogP contribution is -2.40. The first-order valence-corrected chi connectivity index (χ1v) is 12.5. The van der Waals surface area contributed by atoms with E-state index in [1.54, 1.807) is 22.3 Å². The Kier molecular flexibility index (Phi) is 5.33. The van der Waals surface area contributed by atoms with Crippen LogP contribution in [0.15, 0.2) is 28.9 Å². The summed E-state index contributed by atoms with van der Waals surface area (Å²) in [6, 6.07) is 5.86. The molecule has 1 aromatic carbocycles. The highest BCUT2D eigenvalue weighted by Crippen LogP contribution is 2.48. The predicted molar refractivity (Wildman–Crippen MR) is 115 cm³/mol. The standard InChI is InChI=1S/C18H19BrClN3O3S2/c1-2-28(25,26)22-6-5-18(10-22)11-23(14-4-3-12(19)7-13(14)18)17(24)8-16-21-9-15(20)27-16/h3-4,7,9H,2,5-6,8,10-11H2,1H3. The maximum atomic E-state index is 13.1. The number of carbonyl (C=O) groups is 1. The second kappa shape index (κ2) is 7.36. The Morgan fingerprint density at radius 2 is 2.18 bits per heavy atom. The zero-order valence-electron chi connectivity index (χ0n) is 15.2. The maximum Gasteiger partial charge on any atom is 0.233 e. The summed E-state index contributed by atoms with van der Waals surface area (Å²) < 4.78 is 27.8. The van der Waals surface area contributed by atoms with Gasteiger partial charge < -0.3 is 4.90 Å². The molecule has 4 rings (SSSR count). The van der Waals surface area contributed by atoms with Crippen LogP contribution in [-0.4, -0.2) is 49.0 Å². The molecule has 1 atom stereocenters. The van der Waals surface area contributed by atoms with E-state index in [9.17, 15) is 13.2 Å². The number of sulfonamides is 1. The van der Waals surface area contributed by atoms with Crippen molar-refractivity contribution in [3.8, 4) is 0 Å². The van der Waals surface area contributed by atoms with E-state index in [1.165, 1.54) is 11.3 Å². The lowest BCUT2D eigenvalue weighted by Gasteiger charge is -2.25. The summed E-state index contributed by atoms with van der Waals surface area (Å²) in [5.74, 6) is 0.0327. The Morgan fingerprint density at radius 3 is 2.86 bits per heavy atom. The van der Waals surface area contributed by atoms with Crippen LogP contribution in [0.1, 0.15) is 23.9 Å². The van der Waals surface area contributed by atoms with Crippen LogP contribution < -0.4 is 4.90 Å². The summed E-state index contributed by atoms with van der Waals surface area (Å²) in [5, 5.41) is 0.677. The number of carbonyl (C=O) groups excluding carboxylic acids is 1. The molecule has 1 fully saturated rings. The Bertz CT molecular complexity index is 1040. The van der Waals surface area contributed by atoms with Crippen molar-refractivity contribution < 1.29 is 13.2 Å². The van der Waals surface area contributed by atoms with Gasteiger partial charge in [-0.05, 0) is 37.1 Å². The van der Waals surface area contributed by atoms with Crippen LogP contribution in [0.2, 0.25) is 4.34 Å². The fourth-order valence-corrected chi connectivity index (χ4v) is 6.55. The van der Waals surface area contributed by atoms with Crippen LogP contribution in [0, 0.1) is 0 Å². The van der Waals surface area contributed by atoms with Crippen molar-refractivity contribution in [1.82, 2.24) is 9.29 Å². The number of anilines is 1. The molecule has 0 radical (unpaired) electrons. The van der Waals surface area contributed by atoms with Gasteiger partial charge in [-0.15, -0.1) is 11.3 Å². The highest BCUT2D eigenvalue weighted by molar-refractivity contribution is 9.10. The van der Waals surface area contributed by atoms with E-state index in [-0.39, 0.29) is 23.5 Å². The summed E-state index contributed by atoms with van der Waals surface area (Å²) >= 11 is 10.8. The Labute approximate surface area is 181 Å². The normalized spacial score (nSPS) is 22.2. The van der Waals surface area contributed by atoms with Crippen molar-refractivity contribution in [2.45, 2.75) is 25.2 Å². The molecule has 0 saturated carbocycles. The number of hydrogen-bond donors (Lipinski definition) is 0. The van der Waals surface area contributed by atoms with Crippen LogP contribution in [0.4, 0.5) is 5.69 Å². The number of halogens is 2. The predicted octanol–water partition coefficient (Wildman–Crippen LogP) is 3.44. The van der Waals surface area contributed by atoms with Gasteiger partial charge in [0.1, 0.15) is 9.34 Å². The first-order chi connectivity index (χ1) is 13.2. The molecule has 0 aliphatic carbocycles. The first kappa shape index (κ1) is 20.3. The number of amides is 1. The fraction of sp³-hybridized carbons (Fsp3) is 0.444. The number of benzene rings is 1. The zero-order chi connectivity index (χ0) is 20.1. The monoisotopic (exact) mass is 503 g/mol. The van der Waals surface area contributed by atoms with Gasteiger partial charge >= 0.3 is 0 Å². The largest absolute Gasteiger partial charge is 0.311 e. The van der Waals surface area contributed by atoms with Crippen molar-refractivity contribution in [2.75, 3.05) is 30.3 Å². The summed E-state index contributed by atoms with van der Waals surface area (Å²) in [6.07, 6.45) is 2.43. The topological polar surface area (TPSA) is 70.6 Å². The van der Waals surface area contributed by atoms with Crippen molar-refractivity contribution >= 4 is 60.5 Å². The smallest absolute Gasteiger partial charge is 0.233 e. The van der Waals surface area contributed by atoms with Gasteiger partial charge in [0.05, 0.1) is 18.4 Å². The van der Waals surface area contributed by atoms with Gasteiger partial charge in [0, 0.05) is 35.2 Å². The minimum atomic E-state index is -3.26. The summed E-state index contributed by atoms with van der Waals surface area (Å²) in [7, 11) is -3.26. The number of rotatable bonds is 4. The molecular formula is C18H19BrClN3O3S2. The highest BCUT2D eigenvalue weighted by Gasteiger charge is 2.50. The van der Waals surface area contributed by atoms with Crippen molar-refractivity contribution in [3.05, 3.63) is 43.8 Å². The maximum absolute atomic E-state index is 13.1. The minimum absolute atomic E-state index is 0.0525. The third-order valence-electron chi connectivity index (χ3n) is 5.49. The number of thiazole rings is 1. The number of hydrogen-bond acceptors (Lipinski definition) is 5. The van der Waals surface area contributed by atoms with E-state index < -0.39 is 10.0 Å². The van der Waals surface area contributed by atoms with Crippen LogP contribution in [-0.2, 0) is 26.7 Å². The van der Waals surface area contributed by atoms with E-state index in [1.807, 2.05) is 18.2 Å². The zero-order valence-corrected chi connectivity index (χ0v) is 19.2.